The van der Waals surface area contributed by atoms with Crippen LogP contribution in [0.4, 0.5) is 0 Å². The quantitative estimate of drug-likeness (QED) is 0.498. The lowest BCUT2D eigenvalue weighted by Gasteiger charge is -1.93. The number of hydrogen-bond donors (Lipinski definition) is 0. The van der Waals surface area contributed by atoms with Crippen LogP contribution in [0.5, 0.6) is 0 Å². The molecule has 3 heteroatoms. The Bertz CT molecular complexity index is 358. The number of aromatic nitrogens is 1. The van der Waals surface area contributed by atoms with E-state index in [1.165, 1.54) is 6.34 Å². The zero-order valence-electron chi connectivity index (χ0n) is 7.99. The molecule has 13 heavy (non-hydrogen) atoms. The van der Waals surface area contributed by atoms with Gasteiger partial charge in [-0.2, -0.15) is 5.10 Å². The SMILES string of the molecule is C=N/C=N\n1cc(C(=C)C)cc1C. The van der Waals surface area contributed by atoms with Crippen LogP contribution in [0.15, 0.2) is 28.9 Å². The number of nitrogens with zero attached hydrogens (tertiary/aromatic N) is 3. The van der Waals surface area contributed by atoms with E-state index in [2.05, 4.69) is 23.4 Å². The van der Waals surface area contributed by atoms with Crippen molar-refractivity contribution in [3.05, 3.63) is 30.1 Å². The van der Waals surface area contributed by atoms with E-state index in [1.807, 2.05) is 26.1 Å². The maximum Gasteiger partial charge on any atom is 0.135 e. The summed E-state index contributed by atoms with van der Waals surface area (Å²) < 4.78 is 1.75. The largest absolute Gasteiger partial charge is 0.251 e. The molecule has 0 atom stereocenters. The minimum absolute atomic E-state index is 1.03. The Morgan fingerprint density at radius 3 is 2.77 bits per heavy atom. The molecule has 0 saturated carbocycles. The van der Waals surface area contributed by atoms with Crippen LogP contribution in [0.3, 0.4) is 0 Å². The van der Waals surface area contributed by atoms with E-state index in [1.54, 1.807) is 4.68 Å². The fourth-order valence-electron chi connectivity index (χ4n) is 1.01. The van der Waals surface area contributed by atoms with Crippen molar-refractivity contribution in [2.45, 2.75) is 13.8 Å². The fraction of sp³-hybridized carbons (Fsp3) is 0.200. The van der Waals surface area contributed by atoms with Crippen LogP contribution in [0.2, 0.25) is 0 Å². The Morgan fingerprint density at radius 2 is 2.31 bits per heavy atom. The Morgan fingerprint density at radius 1 is 1.62 bits per heavy atom. The number of hydrogen-bond acceptors (Lipinski definition) is 1. The van der Waals surface area contributed by atoms with Gasteiger partial charge in [0.25, 0.3) is 0 Å². The van der Waals surface area contributed by atoms with Crippen molar-refractivity contribution in [2.24, 2.45) is 10.1 Å². The van der Waals surface area contributed by atoms with Gasteiger partial charge in [-0.1, -0.05) is 6.58 Å². The Hall–Kier alpha value is -1.64. The molecule has 0 N–H and O–H groups in total. The predicted octanol–water partition coefficient (Wildman–Crippen LogP) is 2.32. The molecule has 1 heterocycles. The number of aliphatic imine (C=N–C) groups is 1. The van der Waals surface area contributed by atoms with Crippen molar-refractivity contribution in [1.82, 2.24) is 4.68 Å². The van der Waals surface area contributed by atoms with Gasteiger partial charge in [-0.15, -0.1) is 0 Å². The molecule has 1 aromatic rings. The highest BCUT2D eigenvalue weighted by Gasteiger charge is 2.00. The van der Waals surface area contributed by atoms with E-state index in [4.69, 9.17) is 0 Å². The van der Waals surface area contributed by atoms with Crippen molar-refractivity contribution in [3.8, 4) is 0 Å². The Kier molecular flexibility index (Phi) is 2.80. The van der Waals surface area contributed by atoms with Crippen LogP contribution in [-0.2, 0) is 0 Å². The first-order valence-corrected chi connectivity index (χ1v) is 3.98. The molecule has 0 aliphatic heterocycles. The summed E-state index contributed by atoms with van der Waals surface area (Å²) in [6.45, 7) is 11.1. The highest BCUT2D eigenvalue weighted by molar-refractivity contribution is 5.63. The van der Waals surface area contributed by atoms with Crippen LogP contribution in [0.1, 0.15) is 18.2 Å². The second kappa shape index (κ2) is 3.85. The van der Waals surface area contributed by atoms with E-state index in [0.717, 1.165) is 16.8 Å². The monoisotopic (exact) mass is 175 g/mol. The third-order valence-electron chi connectivity index (χ3n) is 1.74. The van der Waals surface area contributed by atoms with Crippen LogP contribution in [0, 0.1) is 6.92 Å². The summed E-state index contributed by atoms with van der Waals surface area (Å²) in [7, 11) is 0. The molecular weight excluding hydrogens is 162 g/mol. The molecule has 0 radical (unpaired) electrons. The highest BCUT2D eigenvalue weighted by atomic mass is 15.3. The molecule has 0 unspecified atom stereocenters. The van der Waals surface area contributed by atoms with Gasteiger partial charge in [0, 0.05) is 11.9 Å². The first kappa shape index (κ1) is 9.45. The molecule has 1 aromatic heterocycles. The van der Waals surface area contributed by atoms with Gasteiger partial charge >= 0.3 is 0 Å². The predicted molar refractivity (Wildman–Crippen MR) is 57.3 cm³/mol. The van der Waals surface area contributed by atoms with Crippen LogP contribution in [-0.4, -0.2) is 17.7 Å². The minimum Gasteiger partial charge on any atom is -0.251 e. The van der Waals surface area contributed by atoms with E-state index in [0.29, 0.717) is 0 Å². The second-order valence-electron chi connectivity index (χ2n) is 2.91. The van der Waals surface area contributed by atoms with Gasteiger partial charge in [-0.3, -0.25) is 4.99 Å². The van der Waals surface area contributed by atoms with Crippen molar-refractivity contribution < 1.29 is 0 Å². The van der Waals surface area contributed by atoms with Crippen LogP contribution in [0.25, 0.3) is 5.57 Å². The molecule has 0 saturated heterocycles. The molecule has 1 rings (SSSR count). The summed E-state index contributed by atoms with van der Waals surface area (Å²) >= 11 is 0. The summed E-state index contributed by atoms with van der Waals surface area (Å²) in [6.07, 6.45) is 3.33. The lowest BCUT2D eigenvalue weighted by molar-refractivity contribution is 0.851. The number of rotatable bonds is 3. The van der Waals surface area contributed by atoms with E-state index in [-0.39, 0.29) is 0 Å². The van der Waals surface area contributed by atoms with Gasteiger partial charge in [0.2, 0.25) is 0 Å². The number of aryl methyl sites for hydroxylation is 1. The van der Waals surface area contributed by atoms with E-state index in [9.17, 15) is 0 Å². The van der Waals surface area contributed by atoms with Gasteiger partial charge in [0.1, 0.15) is 6.34 Å². The summed E-state index contributed by atoms with van der Waals surface area (Å²) in [4.78, 5) is 3.54. The molecule has 0 aromatic carbocycles. The van der Waals surface area contributed by atoms with Gasteiger partial charge in [0.05, 0.1) is 0 Å². The highest BCUT2D eigenvalue weighted by Crippen LogP contribution is 2.14. The normalized spacial score (nSPS) is 10.6. The summed E-state index contributed by atoms with van der Waals surface area (Å²) in [5, 5.41) is 4.05. The van der Waals surface area contributed by atoms with Gasteiger partial charge < -0.3 is 0 Å². The van der Waals surface area contributed by atoms with Crippen molar-refractivity contribution in [2.75, 3.05) is 0 Å². The zero-order chi connectivity index (χ0) is 9.84. The maximum atomic E-state index is 4.05. The lowest BCUT2D eigenvalue weighted by atomic mass is 10.2. The van der Waals surface area contributed by atoms with Crippen molar-refractivity contribution >= 4 is 18.6 Å². The molecule has 3 nitrogen and oxygen atoms in total. The summed E-state index contributed by atoms with van der Waals surface area (Å²) in [5.74, 6) is 0. The van der Waals surface area contributed by atoms with Crippen LogP contribution >= 0.6 is 0 Å². The average molecular weight is 175 g/mol. The lowest BCUT2D eigenvalue weighted by Crippen LogP contribution is -1.87. The molecule has 0 aliphatic rings. The van der Waals surface area contributed by atoms with Gasteiger partial charge in [-0.05, 0) is 37.8 Å². The smallest absolute Gasteiger partial charge is 0.135 e. The summed E-state index contributed by atoms with van der Waals surface area (Å²) in [6, 6.07) is 2.03. The Labute approximate surface area is 78.1 Å². The second-order valence-corrected chi connectivity index (χ2v) is 2.91. The molecular formula is C10H13N3. The minimum atomic E-state index is 1.03. The molecule has 0 amide bonds. The summed E-state index contributed by atoms with van der Waals surface area (Å²) in [5.41, 5.74) is 3.18. The molecule has 0 spiro atoms. The maximum absolute atomic E-state index is 4.05. The van der Waals surface area contributed by atoms with E-state index >= 15 is 0 Å². The van der Waals surface area contributed by atoms with Crippen molar-refractivity contribution in [3.63, 3.8) is 0 Å². The van der Waals surface area contributed by atoms with Crippen molar-refractivity contribution in [1.29, 1.82) is 0 Å². The molecule has 0 bridgehead atoms. The zero-order valence-corrected chi connectivity index (χ0v) is 7.99. The molecule has 68 valence electrons. The molecule has 0 fully saturated rings. The first-order chi connectivity index (χ1) is 6.15. The number of allylic oxidation sites excluding steroid dienone is 1. The van der Waals surface area contributed by atoms with Gasteiger partial charge in [-0.25, -0.2) is 4.68 Å². The topological polar surface area (TPSA) is 29.6 Å². The molecule has 0 aliphatic carbocycles. The average Bonchev–Trinajstić information content (AvgIpc) is 2.44. The fourth-order valence-corrected chi connectivity index (χ4v) is 1.01. The van der Waals surface area contributed by atoms with Gasteiger partial charge in [0.15, 0.2) is 0 Å². The van der Waals surface area contributed by atoms with Crippen LogP contribution < -0.4 is 0 Å². The third-order valence-corrected chi connectivity index (χ3v) is 1.74. The Balaban J connectivity index is 3.02. The standard InChI is InChI=1S/C10H13N3/c1-8(2)10-5-9(3)13(6-10)12-7-11-4/h5-7H,1,4H2,2-3H3/b12-7-. The third kappa shape index (κ3) is 2.15. The van der Waals surface area contributed by atoms with E-state index < -0.39 is 0 Å². The first-order valence-electron chi connectivity index (χ1n) is 3.98.